The number of hydrogen-bond acceptors (Lipinski definition) is 2. The van der Waals surface area contributed by atoms with Crippen LogP contribution in [-0.2, 0) is 11.3 Å². The van der Waals surface area contributed by atoms with E-state index in [4.69, 9.17) is 0 Å². The minimum atomic E-state index is -4.36. The van der Waals surface area contributed by atoms with Crippen molar-refractivity contribution in [3.05, 3.63) is 35.9 Å². The molecule has 0 saturated heterocycles. The van der Waals surface area contributed by atoms with Gasteiger partial charge in [0, 0.05) is 12.6 Å². The fourth-order valence-electron chi connectivity index (χ4n) is 2.01. The number of rotatable bonds is 6. The van der Waals surface area contributed by atoms with E-state index in [1.165, 1.54) is 0 Å². The molecule has 1 aliphatic rings. The van der Waals surface area contributed by atoms with Gasteiger partial charge in [0.2, 0.25) is 5.91 Å². The number of nitrogens with zero attached hydrogens (tertiary/aromatic N) is 1. The van der Waals surface area contributed by atoms with E-state index < -0.39 is 18.6 Å². The molecule has 0 atom stereocenters. The number of amides is 1. The lowest BCUT2D eigenvalue weighted by Gasteiger charge is -2.21. The first-order valence-corrected chi connectivity index (χ1v) is 6.55. The molecule has 0 aliphatic heterocycles. The second-order valence-electron chi connectivity index (χ2n) is 5.01. The third-order valence-corrected chi connectivity index (χ3v) is 3.12. The number of carbonyl (C=O) groups is 1. The van der Waals surface area contributed by atoms with Gasteiger partial charge in [-0.3, -0.25) is 9.69 Å². The Labute approximate surface area is 115 Å². The van der Waals surface area contributed by atoms with E-state index in [0.29, 0.717) is 12.6 Å². The third-order valence-electron chi connectivity index (χ3n) is 3.12. The van der Waals surface area contributed by atoms with Gasteiger partial charge in [-0.05, 0) is 18.4 Å². The van der Waals surface area contributed by atoms with Crippen LogP contribution in [-0.4, -0.2) is 36.1 Å². The van der Waals surface area contributed by atoms with Crippen molar-refractivity contribution in [3.8, 4) is 0 Å². The molecule has 6 heteroatoms. The van der Waals surface area contributed by atoms with Crippen molar-refractivity contribution in [2.24, 2.45) is 0 Å². The number of benzene rings is 1. The SMILES string of the molecule is O=C(CN(Cc1ccccc1)C1CC1)NCC(F)(F)F. The van der Waals surface area contributed by atoms with E-state index in [1.54, 1.807) is 0 Å². The second-order valence-corrected chi connectivity index (χ2v) is 5.01. The van der Waals surface area contributed by atoms with Crippen LogP contribution in [0.5, 0.6) is 0 Å². The zero-order chi connectivity index (χ0) is 14.6. The van der Waals surface area contributed by atoms with Gasteiger partial charge in [0.25, 0.3) is 0 Å². The predicted molar refractivity (Wildman–Crippen MR) is 68.9 cm³/mol. The van der Waals surface area contributed by atoms with E-state index in [0.717, 1.165) is 18.4 Å². The minimum Gasteiger partial charge on any atom is -0.346 e. The van der Waals surface area contributed by atoms with Crippen LogP contribution in [0, 0.1) is 0 Å². The molecule has 1 saturated carbocycles. The maximum atomic E-state index is 12.0. The zero-order valence-electron chi connectivity index (χ0n) is 11.0. The standard InChI is InChI=1S/C14H17F3N2O/c15-14(16,17)10-18-13(20)9-19(12-6-7-12)8-11-4-2-1-3-5-11/h1-5,12H,6-10H2,(H,18,20). The molecular formula is C14H17F3N2O. The van der Waals surface area contributed by atoms with Crippen molar-refractivity contribution in [2.75, 3.05) is 13.1 Å². The molecule has 0 heterocycles. The minimum absolute atomic E-state index is 0.00956. The van der Waals surface area contributed by atoms with Crippen molar-refractivity contribution in [3.63, 3.8) is 0 Å². The predicted octanol–water partition coefficient (Wildman–Crippen LogP) is 2.33. The summed E-state index contributed by atoms with van der Waals surface area (Å²) >= 11 is 0. The summed E-state index contributed by atoms with van der Waals surface area (Å²) in [4.78, 5) is 13.5. The van der Waals surface area contributed by atoms with Gasteiger partial charge in [0.1, 0.15) is 6.54 Å². The summed E-state index contributed by atoms with van der Waals surface area (Å²) in [5, 5.41) is 1.92. The van der Waals surface area contributed by atoms with Crippen LogP contribution >= 0.6 is 0 Å². The van der Waals surface area contributed by atoms with Crippen molar-refractivity contribution in [1.82, 2.24) is 10.2 Å². The molecule has 1 aromatic carbocycles. The molecule has 1 aliphatic carbocycles. The highest BCUT2D eigenvalue weighted by molar-refractivity contribution is 5.78. The Balaban J connectivity index is 1.85. The van der Waals surface area contributed by atoms with Gasteiger partial charge in [-0.1, -0.05) is 30.3 Å². The highest BCUT2D eigenvalue weighted by Gasteiger charge is 2.32. The monoisotopic (exact) mass is 286 g/mol. The number of hydrogen-bond donors (Lipinski definition) is 1. The Kier molecular flexibility index (Phi) is 4.65. The molecule has 0 spiro atoms. The fraction of sp³-hybridized carbons (Fsp3) is 0.500. The largest absolute Gasteiger partial charge is 0.405 e. The molecule has 1 amide bonds. The van der Waals surface area contributed by atoms with Crippen molar-refractivity contribution >= 4 is 5.91 Å². The zero-order valence-corrected chi connectivity index (χ0v) is 11.0. The molecule has 1 N–H and O–H groups in total. The molecule has 20 heavy (non-hydrogen) atoms. The molecule has 1 fully saturated rings. The van der Waals surface area contributed by atoms with Gasteiger partial charge >= 0.3 is 6.18 Å². The van der Waals surface area contributed by atoms with Crippen LogP contribution in [0.3, 0.4) is 0 Å². The van der Waals surface area contributed by atoms with E-state index in [2.05, 4.69) is 0 Å². The maximum absolute atomic E-state index is 12.0. The van der Waals surface area contributed by atoms with E-state index in [1.807, 2.05) is 40.5 Å². The van der Waals surface area contributed by atoms with Crippen LogP contribution in [0.4, 0.5) is 13.2 Å². The Bertz CT molecular complexity index is 443. The molecule has 0 bridgehead atoms. The summed E-state index contributed by atoms with van der Waals surface area (Å²) in [6.45, 7) is -0.670. The lowest BCUT2D eigenvalue weighted by molar-refractivity contribution is -0.139. The van der Waals surface area contributed by atoms with Crippen molar-refractivity contribution in [2.45, 2.75) is 31.6 Å². The molecule has 1 aromatic rings. The van der Waals surface area contributed by atoms with Crippen LogP contribution in [0.25, 0.3) is 0 Å². The Morgan fingerprint density at radius 1 is 1.25 bits per heavy atom. The second kappa shape index (κ2) is 6.26. The van der Waals surface area contributed by atoms with Crippen LogP contribution < -0.4 is 5.32 Å². The van der Waals surface area contributed by atoms with E-state index in [-0.39, 0.29) is 6.54 Å². The van der Waals surface area contributed by atoms with Crippen LogP contribution in [0.1, 0.15) is 18.4 Å². The highest BCUT2D eigenvalue weighted by atomic mass is 19.4. The average Bonchev–Trinajstić information content (AvgIpc) is 3.20. The number of carbonyl (C=O) groups excluding carboxylic acids is 1. The van der Waals surface area contributed by atoms with E-state index in [9.17, 15) is 18.0 Å². The Morgan fingerprint density at radius 2 is 1.90 bits per heavy atom. The van der Waals surface area contributed by atoms with Gasteiger partial charge in [-0.2, -0.15) is 13.2 Å². The molecular weight excluding hydrogens is 269 g/mol. The lowest BCUT2D eigenvalue weighted by atomic mass is 10.2. The summed E-state index contributed by atoms with van der Waals surface area (Å²) in [6, 6.07) is 9.92. The Hall–Kier alpha value is -1.56. The smallest absolute Gasteiger partial charge is 0.346 e. The maximum Gasteiger partial charge on any atom is 0.405 e. The molecule has 3 nitrogen and oxygen atoms in total. The van der Waals surface area contributed by atoms with Crippen LogP contribution in [0.15, 0.2) is 30.3 Å². The van der Waals surface area contributed by atoms with Crippen LogP contribution in [0.2, 0.25) is 0 Å². The summed E-state index contributed by atoms with van der Waals surface area (Å²) < 4.78 is 36.1. The highest BCUT2D eigenvalue weighted by Crippen LogP contribution is 2.28. The normalized spacial score (nSPS) is 15.4. The van der Waals surface area contributed by atoms with Gasteiger partial charge in [-0.25, -0.2) is 0 Å². The molecule has 110 valence electrons. The summed E-state index contributed by atoms with van der Waals surface area (Å²) in [7, 11) is 0. The summed E-state index contributed by atoms with van der Waals surface area (Å²) in [5.41, 5.74) is 1.06. The fourth-order valence-corrected chi connectivity index (χ4v) is 2.01. The average molecular weight is 286 g/mol. The first-order chi connectivity index (χ1) is 9.44. The van der Waals surface area contributed by atoms with Gasteiger partial charge in [-0.15, -0.1) is 0 Å². The van der Waals surface area contributed by atoms with Crippen molar-refractivity contribution in [1.29, 1.82) is 0 Å². The molecule has 0 aromatic heterocycles. The number of alkyl halides is 3. The molecule has 0 radical (unpaired) electrons. The first kappa shape index (κ1) is 14.8. The third kappa shape index (κ3) is 5.21. The molecule has 0 unspecified atom stereocenters. The number of nitrogens with one attached hydrogen (secondary N) is 1. The summed E-state index contributed by atoms with van der Waals surface area (Å²) in [5.74, 6) is -0.579. The van der Waals surface area contributed by atoms with Gasteiger partial charge in [0.15, 0.2) is 0 Å². The first-order valence-electron chi connectivity index (χ1n) is 6.55. The lowest BCUT2D eigenvalue weighted by Crippen LogP contribution is -2.41. The van der Waals surface area contributed by atoms with Gasteiger partial charge in [0.05, 0.1) is 6.54 Å². The number of halogens is 3. The topological polar surface area (TPSA) is 32.3 Å². The summed E-state index contributed by atoms with van der Waals surface area (Å²) in [6.07, 6.45) is -2.36. The van der Waals surface area contributed by atoms with Crippen molar-refractivity contribution < 1.29 is 18.0 Å². The Morgan fingerprint density at radius 3 is 2.45 bits per heavy atom. The van der Waals surface area contributed by atoms with Gasteiger partial charge < -0.3 is 5.32 Å². The quantitative estimate of drug-likeness (QED) is 0.870. The van der Waals surface area contributed by atoms with E-state index >= 15 is 0 Å². The molecule has 2 rings (SSSR count).